The van der Waals surface area contributed by atoms with Crippen LogP contribution < -0.4 is 5.32 Å². The highest BCUT2D eigenvalue weighted by Gasteiger charge is 2.19. The first-order valence-corrected chi connectivity index (χ1v) is 9.92. The van der Waals surface area contributed by atoms with Gasteiger partial charge < -0.3 is 14.6 Å². The largest absolute Gasteiger partial charge is 0.463 e. The van der Waals surface area contributed by atoms with Crippen molar-refractivity contribution in [3.63, 3.8) is 0 Å². The summed E-state index contributed by atoms with van der Waals surface area (Å²) in [4.78, 5) is 15.3. The van der Waals surface area contributed by atoms with E-state index < -0.39 is 0 Å². The Bertz CT molecular complexity index is 924. The van der Waals surface area contributed by atoms with Gasteiger partial charge in [0.1, 0.15) is 11.4 Å². The Balaban J connectivity index is 1.54. The number of aryl methyl sites for hydroxylation is 1. The van der Waals surface area contributed by atoms with Crippen molar-refractivity contribution in [1.82, 2.24) is 20.0 Å². The van der Waals surface area contributed by atoms with Crippen LogP contribution in [0.25, 0.3) is 17.1 Å². The van der Waals surface area contributed by atoms with Crippen molar-refractivity contribution in [3.05, 3.63) is 60.0 Å². The second kappa shape index (κ2) is 8.44. The number of aromatic nitrogens is 2. The number of carbonyl (C=O) groups excluding carboxylic acids is 1. The highest BCUT2D eigenvalue weighted by molar-refractivity contribution is 5.94. The molecule has 1 saturated heterocycles. The van der Waals surface area contributed by atoms with Crippen molar-refractivity contribution in [1.29, 1.82) is 0 Å². The molecule has 3 aromatic rings. The van der Waals surface area contributed by atoms with E-state index in [1.165, 1.54) is 19.3 Å². The van der Waals surface area contributed by atoms with Crippen molar-refractivity contribution in [3.8, 4) is 17.1 Å². The van der Waals surface area contributed by atoms with Gasteiger partial charge in [0, 0.05) is 19.2 Å². The number of rotatable bonds is 6. The Morgan fingerprint density at radius 2 is 2.00 bits per heavy atom. The van der Waals surface area contributed by atoms with Crippen LogP contribution in [0, 0.1) is 6.92 Å². The van der Waals surface area contributed by atoms with Crippen LogP contribution in [0.4, 0.5) is 0 Å². The Morgan fingerprint density at radius 3 is 2.75 bits per heavy atom. The third kappa shape index (κ3) is 4.17. The summed E-state index contributed by atoms with van der Waals surface area (Å²) in [6.07, 6.45) is 5.43. The molecule has 2 aromatic heterocycles. The predicted molar refractivity (Wildman–Crippen MR) is 109 cm³/mol. The molecule has 0 aliphatic carbocycles. The quantitative estimate of drug-likeness (QED) is 0.711. The zero-order chi connectivity index (χ0) is 19.3. The van der Waals surface area contributed by atoms with Crippen molar-refractivity contribution >= 4 is 5.91 Å². The van der Waals surface area contributed by atoms with Gasteiger partial charge in [0.15, 0.2) is 5.76 Å². The lowest BCUT2D eigenvalue weighted by Crippen LogP contribution is -2.38. The van der Waals surface area contributed by atoms with E-state index in [0.717, 1.165) is 30.9 Å². The molecule has 1 aliphatic rings. The first-order valence-electron chi connectivity index (χ1n) is 9.92. The van der Waals surface area contributed by atoms with Crippen molar-refractivity contribution in [2.75, 3.05) is 26.2 Å². The van der Waals surface area contributed by atoms with Crippen LogP contribution in [0.15, 0.2) is 53.1 Å². The van der Waals surface area contributed by atoms with Gasteiger partial charge in [-0.2, -0.15) is 5.10 Å². The van der Waals surface area contributed by atoms with Crippen LogP contribution in [0.1, 0.15) is 35.3 Å². The lowest BCUT2D eigenvalue weighted by Gasteiger charge is -2.26. The fourth-order valence-corrected chi connectivity index (χ4v) is 3.65. The third-order valence-corrected chi connectivity index (χ3v) is 5.12. The van der Waals surface area contributed by atoms with Crippen molar-refractivity contribution < 1.29 is 9.21 Å². The summed E-state index contributed by atoms with van der Waals surface area (Å²) in [6.45, 7) is 5.79. The van der Waals surface area contributed by atoms with Gasteiger partial charge in [-0.1, -0.05) is 18.6 Å². The Morgan fingerprint density at radius 1 is 1.14 bits per heavy atom. The second-order valence-electron chi connectivity index (χ2n) is 7.30. The SMILES string of the molecule is Cc1cccc(-n2nc(-c3ccco3)cc2C(=O)NCCN2CCCCC2)c1. The van der Waals surface area contributed by atoms with Gasteiger partial charge in [-0.15, -0.1) is 0 Å². The molecule has 3 heterocycles. The Labute approximate surface area is 165 Å². The number of benzene rings is 1. The number of hydrogen-bond acceptors (Lipinski definition) is 4. The molecule has 0 spiro atoms. The van der Waals surface area contributed by atoms with Gasteiger partial charge in [-0.25, -0.2) is 4.68 Å². The first-order chi connectivity index (χ1) is 13.7. The van der Waals surface area contributed by atoms with E-state index >= 15 is 0 Å². The van der Waals surface area contributed by atoms with Crippen LogP contribution in [0.2, 0.25) is 0 Å². The van der Waals surface area contributed by atoms with Crippen LogP contribution in [0.3, 0.4) is 0 Å². The molecule has 0 bridgehead atoms. The number of likely N-dealkylation sites (tertiary alicyclic amines) is 1. The highest BCUT2D eigenvalue weighted by atomic mass is 16.3. The molecule has 28 heavy (non-hydrogen) atoms. The summed E-state index contributed by atoms with van der Waals surface area (Å²) >= 11 is 0. The Hall–Kier alpha value is -2.86. The van der Waals surface area contributed by atoms with Gasteiger partial charge in [-0.05, 0) is 62.7 Å². The molecule has 0 radical (unpaired) electrons. The number of piperidine rings is 1. The molecule has 0 saturated carbocycles. The molecule has 0 atom stereocenters. The van der Waals surface area contributed by atoms with Gasteiger partial charge in [-0.3, -0.25) is 4.79 Å². The standard InChI is InChI=1S/C22H26N4O2/c1-17-7-5-8-18(15-17)26-20(16-19(24-26)21-9-6-14-28-21)22(27)23-10-13-25-11-3-2-4-12-25/h5-9,14-16H,2-4,10-13H2,1H3,(H,23,27). The molecule has 6 nitrogen and oxygen atoms in total. The minimum absolute atomic E-state index is 0.121. The van der Waals surface area contributed by atoms with Crippen LogP contribution in [-0.4, -0.2) is 46.8 Å². The monoisotopic (exact) mass is 378 g/mol. The van der Waals surface area contributed by atoms with Gasteiger partial charge in [0.2, 0.25) is 0 Å². The van der Waals surface area contributed by atoms with Crippen LogP contribution in [0.5, 0.6) is 0 Å². The zero-order valence-corrected chi connectivity index (χ0v) is 16.2. The van der Waals surface area contributed by atoms with Crippen LogP contribution in [-0.2, 0) is 0 Å². The predicted octanol–water partition coefficient (Wildman–Crippen LogP) is 3.66. The molecule has 6 heteroatoms. The number of furan rings is 1. The molecular weight excluding hydrogens is 352 g/mol. The maximum Gasteiger partial charge on any atom is 0.270 e. The van der Waals surface area contributed by atoms with Gasteiger partial charge >= 0.3 is 0 Å². The van der Waals surface area contributed by atoms with Gasteiger partial charge in [0.05, 0.1) is 12.0 Å². The minimum Gasteiger partial charge on any atom is -0.463 e. The normalized spacial score (nSPS) is 14.9. The van der Waals surface area contributed by atoms with Crippen LogP contribution >= 0.6 is 0 Å². The smallest absolute Gasteiger partial charge is 0.270 e. The van der Waals surface area contributed by atoms with E-state index in [9.17, 15) is 4.79 Å². The summed E-state index contributed by atoms with van der Waals surface area (Å²) in [7, 11) is 0. The minimum atomic E-state index is -0.121. The molecule has 1 amide bonds. The summed E-state index contributed by atoms with van der Waals surface area (Å²) < 4.78 is 7.17. The van der Waals surface area contributed by atoms with Crippen molar-refractivity contribution in [2.24, 2.45) is 0 Å². The van der Waals surface area contributed by atoms with E-state index in [1.54, 1.807) is 17.0 Å². The van der Waals surface area contributed by atoms with E-state index in [4.69, 9.17) is 4.42 Å². The lowest BCUT2D eigenvalue weighted by molar-refractivity contribution is 0.0939. The number of nitrogens with zero attached hydrogens (tertiary/aromatic N) is 3. The lowest BCUT2D eigenvalue weighted by atomic mass is 10.1. The number of hydrogen-bond donors (Lipinski definition) is 1. The van der Waals surface area contributed by atoms with E-state index in [0.29, 0.717) is 23.7 Å². The Kier molecular flexibility index (Phi) is 5.58. The summed E-state index contributed by atoms with van der Waals surface area (Å²) in [6, 6.07) is 13.4. The molecule has 1 N–H and O–H groups in total. The zero-order valence-electron chi connectivity index (χ0n) is 16.2. The van der Waals surface area contributed by atoms with Crippen molar-refractivity contribution in [2.45, 2.75) is 26.2 Å². The number of carbonyl (C=O) groups is 1. The molecule has 4 rings (SSSR count). The first kappa shape index (κ1) is 18.5. The molecular formula is C22H26N4O2. The molecule has 1 aromatic carbocycles. The molecule has 1 fully saturated rings. The third-order valence-electron chi connectivity index (χ3n) is 5.12. The van der Waals surface area contributed by atoms with Gasteiger partial charge in [0.25, 0.3) is 5.91 Å². The number of nitrogens with one attached hydrogen (secondary N) is 1. The highest BCUT2D eigenvalue weighted by Crippen LogP contribution is 2.22. The fraction of sp³-hybridized carbons (Fsp3) is 0.364. The fourth-order valence-electron chi connectivity index (χ4n) is 3.65. The summed E-state index contributed by atoms with van der Waals surface area (Å²) in [5.41, 5.74) is 3.13. The average Bonchev–Trinajstić information content (AvgIpc) is 3.38. The summed E-state index contributed by atoms with van der Waals surface area (Å²) in [5.74, 6) is 0.526. The molecule has 146 valence electrons. The average molecular weight is 378 g/mol. The maximum atomic E-state index is 12.9. The summed E-state index contributed by atoms with van der Waals surface area (Å²) in [5, 5.41) is 7.69. The molecule has 1 aliphatic heterocycles. The van der Waals surface area contributed by atoms with E-state index in [2.05, 4.69) is 15.3 Å². The number of amides is 1. The maximum absolute atomic E-state index is 12.9. The van der Waals surface area contributed by atoms with E-state index in [1.807, 2.05) is 43.3 Å². The second-order valence-corrected chi connectivity index (χ2v) is 7.30. The van der Waals surface area contributed by atoms with E-state index in [-0.39, 0.29) is 5.91 Å². The molecule has 0 unspecified atom stereocenters. The topological polar surface area (TPSA) is 63.3 Å².